The second kappa shape index (κ2) is 12.9. The van der Waals surface area contributed by atoms with Gasteiger partial charge >= 0.3 is 0 Å². The zero-order chi connectivity index (χ0) is 24.3. The monoisotopic (exact) mass is 487 g/mol. The molecular formula is C24H29N3O4S2. The average Bonchev–Trinajstić information content (AvgIpc) is 2.80. The topological polar surface area (TPSA) is 87.7 Å². The summed E-state index contributed by atoms with van der Waals surface area (Å²) in [5.74, 6) is 0.340. The third-order valence-corrected chi connectivity index (χ3v) is 6.58. The highest BCUT2D eigenvalue weighted by atomic mass is 32.2. The van der Waals surface area contributed by atoms with Crippen LogP contribution in [0, 0.1) is 0 Å². The highest BCUT2D eigenvalue weighted by molar-refractivity contribution is 7.89. The molecule has 0 spiro atoms. The van der Waals surface area contributed by atoms with E-state index in [-0.39, 0.29) is 29.0 Å². The molecule has 0 heterocycles. The second-order valence-corrected chi connectivity index (χ2v) is 9.40. The van der Waals surface area contributed by atoms with Gasteiger partial charge in [0.25, 0.3) is 5.91 Å². The number of carbonyl (C=O) groups excluding carboxylic acids is 1. The van der Waals surface area contributed by atoms with Crippen LogP contribution in [0.4, 0.5) is 5.69 Å². The molecule has 0 atom stereocenters. The Balaban J connectivity index is 1.96. The Labute approximate surface area is 201 Å². The minimum Gasteiger partial charge on any atom is -0.494 e. The number of sulfonamides is 1. The van der Waals surface area contributed by atoms with Crippen molar-refractivity contribution in [2.75, 3.05) is 25.0 Å². The van der Waals surface area contributed by atoms with E-state index in [4.69, 9.17) is 17.0 Å². The fourth-order valence-corrected chi connectivity index (χ4v) is 4.38. The van der Waals surface area contributed by atoms with Crippen molar-refractivity contribution in [3.8, 4) is 5.75 Å². The zero-order valence-electron chi connectivity index (χ0n) is 18.6. The van der Waals surface area contributed by atoms with Crippen molar-refractivity contribution in [2.24, 2.45) is 0 Å². The lowest BCUT2D eigenvalue weighted by Crippen LogP contribution is -2.34. The maximum Gasteiger partial charge on any atom is 0.257 e. The first-order valence-electron chi connectivity index (χ1n) is 10.5. The van der Waals surface area contributed by atoms with Crippen LogP contribution in [0.2, 0.25) is 0 Å². The van der Waals surface area contributed by atoms with Crippen LogP contribution in [0.25, 0.3) is 0 Å². The number of carbonyl (C=O) groups is 1. The van der Waals surface area contributed by atoms with Crippen LogP contribution in [0.1, 0.15) is 30.1 Å². The van der Waals surface area contributed by atoms with Crippen LogP contribution in [-0.4, -0.2) is 43.4 Å². The number of thiocarbonyl (C=S) groups is 1. The predicted octanol–water partition coefficient (Wildman–Crippen LogP) is 4.36. The highest BCUT2D eigenvalue weighted by Gasteiger charge is 2.22. The lowest BCUT2D eigenvalue weighted by Gasteiger charge is -2.19. The van der Waals surface area contributed by atoms with Crippen LogP contribution in [0.15, 0.2) is 78.7 Å². The van der Waals surface area contributed by atoms with Crippen LogP contribution in [0.5, 0.6) is 5.75 Å². The van der Waals surface area contributed by atoms with E-state index in [0.717, 1.165) is 12.8 Å². The number of nitrogens with zero attached hydrogens (tertiary/aromatic N) is 1. The molecule has 0 bridgehead atoms. The number of rotatable bonds is 12. The largest absolute Gasteiger partial charge is 0.494 e. The number of unbranched alkanes of at least 4 members (excludes halogenated alkanes) is 1. The number of anilines is 1. The minimum absolute atomic E-state index is 0.0961. The molecule has 0 fully saturated rings. The quantitative estimate of drug-likeness (QED) is 0.263. The fraction of sp³-hybridized carbons (Fsp3) is 0.250. The van der Waals surface area contributed by atoms with Gasteiger partial charge in [-0.3, -0.25) is 10.1 Å². The normalized spacial score (nSPS) is 11.0. The molecular weight excluding hydrogens is 458 g/mol. The van der Waals surface area contributed by atoms with Gasteiger partial charge in [-0.05, 0) is 67.2 Å². The summed E-state index contributed by atoms with van der Waals surface area (Å²) in [6.07, 6.45) is 5.06. The number of hydrogen-bond acceptors (Lipinski definition) is 5. The fourth-order valence-electron chi connectivity index (χ4n) is 2.79. The number of benzene rings is 2. The van der Waals surface area contributed by atoms with Crippen molar-refractivity contribution >= 4 is 38.9 Å². The van der Waals surface area contributed by atoms with Gasteiger partial charge in [-0.25, -0.2) is 8.42 Å². The van der Waals surface area contributed by atoms with Crippen molar-refractivity contribution in [3.63, 3.8) is 0 Å². The van der Waals surface area contributed by atoms with Gasteiger partial charge in [0.2, 0.25) is 10.0 Å². The van der Waals surface area contributed by atoms with E-state index in [2.05, 4.69) is 30.7 Å². The molecule has 0 saturated carbocycles. The second-order valence-electron chi connectivity index (χ2n) is 7.06. The first kappa shape index (κ1) is 26.2. The lowest BCUT2D eigenvalue weighted by molar-refractivity contribution is 0.0977. The van der Waals surface area contributed by atoms with E-state index in [9.17, 15) is 13.2 Å². The summed E-state index contributed by atoms with van der Waals surface area (Å²) in [6, 6.07) is 12.9. The molecule has 176 valence electrons. The molecule has 1 amide bonds. The summed E-state index contributed by atoms with van der Waals surface area (Å²) in [4.78, 5) is 12.6. The van der Waals surface area contributed by atoms with Gasteiger partial charge < -0.3 is 10.1 Å². The summed E-state index contributed by atoms with van der Waals surface area (Å²) in [6.45, 7) is 10.3. The molecule has 2 aromatic rings. The highest BCUT2D eigenvalue weighted by Crippen LogP contribution is 2.19. The summed E-state index contributed by atoms with van der Waals surface area (Å²) >= 11 is 5.21. The molecule has 0 saturated heterocycles. The predicted molar refractivity (Wildman–Crippen MR) is 136 cm³/mol. The van der Waals surface area contributed by atoms with Crippen molar-refractivity contribution in [2.45, 2.75) is 24.7 Å². The SMILES string of the molecule is C=CCN(CC=C)S(=O)(=O)c1ccc(NC(=S)NC(=O)c2ccc(OCCCC)cc2)cc1. The zero-order valence-corrected chi connectivity index (χ0v) is 20.3. The maximum absolute atomic E-state index is 12.8. The van der Waals surface area contributed by atoms with Crippen LogP contribution in [-0.2, 0) is 10.0 Å². The Morgan fingerprint density at radius 3 is 2.21 bits per heavy atom. The first-order valence-corrected chi connectivity index (χ1v) is 12.3. The summed E-state index contributed by atoms with van der Waals surface area (Å²) in [5, 5.41) is 5.58. The van der Waals surface area contributed by atoms with Crippen LogP contribution in [0.3, 0.4) is 0 Å². The average molecular weight is 488 g/mol. The van der Waals surface area contributed by atoms with Gasteiger partial charge in [0.1, 0.15) is 5.75 Å². The molecule has 7 nitrogen and oxygen atoms in total. The van der Waals surface area contributed by atoms with Gasteiger partial charge in [0.05, 0.1) is 11.5 Å². The number of amides is 1. The standard InChI is InChI=1S/C24H29N3O4S2/c1-4-7-18-31-21-12-8-19(9-13-21)23(28)26-24(32)25-20-10-14-22(15-11-20)33(29,30)27(16-5-2)17-6-3/h5-6,8-15H,2-4,7,16-18H2,1H3,(H2,25,26,28,32). The van der Waals surface area contributed by atoms with E-state index < -0.39 is 10.0 Å². The molecule has 0 unspecified atom stereocenters. The molecule has 9 heteroatoms. The van der Waals surface area contributed by atoms with Crippen LogP contribution < -0.4 is 15.4 Å². The molecule has 0 aliphatic carbocycles. The number of hydrogen-bond donors (Lipinski definition) is 2. The Bertz CT molecular complexity index is 1060. The van der Waals surface area contributed by atoms with Crippen LogP contribution >= 0.6 is 12.2 Å². The van der Waals surface area contributed by atoms with Gasteiger partial charge in [-0.15, -0.1) is 13.2 Å². The maximum atomic E-state index is 12.8. The van der Waals surface area contributed by atoms with E-state index in [1.165, 1.54) is 28.6 Å². The van der Waals surface area contributed by atoms with E-state index in [1.807, 2.05) is 0 Å². The Kier molecular flexibility index (Phi) is 10.2. The van der Waals surface area contributed by atoms with E-state index in [0.29, 0.717) is 23.6 Å². The lowest BCUT2D eigenvalue weighted by atomic mass is 10.2. The number of nitrogens with one attached hydrogen (secondary N) is 2. The molecule has 0 aliphatic heterocycles. The summed E-state index contributed by atoms with van der Waals surface area (Å²) < 4.78 is 32.4. The molecule has 33 heavy (non-hydrogen) atoms. The molecule has 0 radical (unpaired) electrons. The molecule has 2 aromatic carbocycles. The van der Waals surface area contributed by atoms with Crippen molar-refractivity contribution in [1.82, 2.24) is 9.62 Å². The third kappa shape index (κ3) is 7.81. The van der Waals surface area contributed by atoms with Gasteiger partial charge in [-0.2, -0.15) is 4.31 Å². The Hall–Kier alpha value is -3.01. The summed E-state index contributed by atoms with van der Waals surface area (Å²) in [5.41, 5.74) is 0.978. The Morgan fingerprint density at radius 1 is 1.06 bits per heavy atom. The molecule has 2 N–H and O–H groups in total. The molecule has 2 rings (SSSR count). The number of ether oxygens (including phenoxy) is 1. The Morgan fingerprint density at radius 2 is 1.67 bits per heavy atom. The van der Waals surface area contributed by atoms with Crippen molar-refractivity contribution < 1.29 is 17.9 Å². The third-order valence-electron chi connectivity index (χ3n) is 4.53. The molecule has 0 aliphatic rings. The van der Waals surface area contributed by atoms with Gasteiger partial charge in [0.15, 0.2) is 5.11 Å². The minimum atomic E-state index is -3.69. The van der Waals surface area contributed by atoms with Crippen molar-refractivity contribution in [3.05, 3.63) is 79.4 Å². The van der Waals surface area contributed by atoms with Crippen molar-refractivity contribution in [1.29, 1.82) is 0 Å². The molecule has 0 aromatic heterocycles. The van der Waals surface area contributed by atoms with E-state index in [1.54, 1.807) is 36.4 Å². The van der Waals surface area contributed by atoms with Gasteiger partial charge in [-0.1, -0.05) is 25.5 Å². The summed E-state index contributed by atoms with van der Waals surface area (Å²) in [7, 11) is -3.69. The smallest absolute Gasteiger partial charge is 0.257 e. The van der Waals surface area contributed by atoms with E-state index >= 15 is 0 Å². The van der Waals surface area contributed by atoms with Gasteiger partial charge in [0, 0.05) is 24.3 Å². The first-order chi connectivity index (χ1) is 15.8.